The van der Waals surface area contributed by atoms with E-state index >= 15 is 0 Å². The number of halogens is 3. The zero-order valence-electron chi connectivity index (χ0n) is 11.2. The standard InChI is InChI=1S/C13H9ClF2N2O4S/c14-12-11(4-8(7-19)6-17-12)18-23(20,21)10-3-1-2-9(5-10)22-13(15)16/h1-7,13,18H. The first-order chi connectivity index (χ1) is 10.8. The van der Waals surface area contributed by atoms with E-state index in [1.165, 1.54) is 30.5 Å². The third-order valence-electron chi connectivity index (χ3n) is 2.58. The topological polar surface area (TPSA) is 85.4 Å². The van der Waals surface area contributed by atoms with Gasteiger partial charge >= 0.3 is 6.61 Å². The number of alkyl halides is 2. The molecule has 0 atom stereocenters. The molecule has 1 heterocycles. The van der Waals surface area contributed by atoms with Gasteiger partial charge in [-0.15, -0.1) is 0 Å². The summed E-state index contributed by atoms with van der Waals surface area (Å²) in [5.41, 5.74) is -0.00154. The molecule has 0 aliphatic carbocycles. The van der Waals surface area contributed by atoms with Crippen molar-refractivity contribution >= 4 is 33.6 Å². The molecule has 0 aliphatic rings. The van der Waals surface area contributed by atoms with Crippen LogP contribution in [0, 0.1) is 0 Å². The van der Waals surface area contributed by atoms with Crippen molar-refractivity contribution in [2.75, 3.05) is 4.72 Å². The van der Waals surface area contributed by atoms with Gasteiger partial charge in [-0.25, -0.2) is 13.4 Å². The molecule has 23 heavy (non-hydrogen) atoms. The molecule has 0 aliphatic heterocycles. The number of benzene rings is 1. The Morgan fingerprint density at radius 2 is 2.04 bits per heavy atom. The van der Waals surface area contributed by atoms with Crippen LogP contribution in [0.1, 0.15) is 10.4 Å². The molecule has 6 nitrogen and oxygen atoms in total. The van der Waals surface area contributed by atoms with E-state index in [2.05, 4.69) is 14.4 Å². The van der Waals surface area contributed by atoms with Crippen LogP contribution in [0.3, 0.4) is 0 Å². The third kappa shape index (κ3) is 4.36. The molecule has 0 saturated carbocycles. The Kier molecular flexibility index (Phi) is 5.12. The van der Waals surface area contributed by atoms with Crippen molar-refractivity contribution in [1.82, 2.24) is 4.98 Å². The first-order valence-electron chi connectivity index (χ1n) is 6.00. The number of aldehydes is 1. The van der Waals surface area contributed by atoms with Crippen molar-refractivity contribution < 1.29 is 26.7 Å². The average molecular weight is 363 g/mol. The minimum atomic E-state index is -4.13. The number of hydrogen-bond acceptors (Lipinski definition) is 5. The van der Waals surface area contributed by atoms with Crippen LogP contribution in [-0.4, -0.2) is 26.3 Å². The molecule has 1 aromatic heterocycles. The van der Waals surface area contributed by atoms with Crippen molar-refractivity contribution in [2.24, 2.45) is 0 Å². The number of nitrogens with one attached hydrogen (secondary N) is 1. The van der Waals surface area contributed by atoms with Crippen molar-refractivity contribution in [2.45, 2.75) is 11.5 Å². The monoisotopic (exact) mass is 362 g/mol. The predicted molar refractivity (Wildman–Crippen MR) is 78.5 cm³/mol. The van der Waals surface area contributed by atoms with Crippen LogP contribution in [0.2, 0.25) is 5.15 Å². The SMILES string of the molecule is O=Cc1cnc(Cl)c(NS(=O)(=O)c2cccc(OC(F)F)c2)c1. The normalized spacial score (nSPS) is 11.3. The summed E-state index contributed by atoms with van der Waals surface area (Å²) in [6, 6.07) is 5.74. The summed E-state index contributed by atoms with van der Waals surface area (Å²) in [5.74, 6) is -0.311. The highest BCUT2D eigenvalue weighted by Crippen LogP contribution is 2.25. The summed E-state index contributed by atoms with van der Waals surface area (Å²) < 4.78 is 55.2. The van der Waals surface area contributed by atoms with Gasteiger partial charge in [-0.3, -0.25) is 9.52 Å². The lowest BCUT2D eigenvalue weighted by atomic mass is 10.3. The van der Waals surface area contributed by atoms with Crippen LogP contribution < -0.4 is 9.46 Å². The third-order valence-corrected chi connectivity index (χ3v) is 4.25. The molecule has 1 N–H and O–H groups in total. The molecule has 0 radical (unpaired) electrons. The maximum Gasteiger partial charge on any atom is 0.387 e. The lowest BCUT2D eigenvalue weighted by Crippen LogP contribution is -2.14. The molecular formula is C13H9ClF2N2O4S. The van der Waals surface area contributed by atoms with Gasteiger partial charge in [0.2, 0.25) is 0 Å². The number of carbonyl (C=O) groups excluding carboxylic acids is 1. The van der Waals surface area contributed by atoms with E-state index in [1.54, 1.807) is 0 Å². The van der Waals surface area contributed by atoms with Crippen LogP contribution in [0.4, 0.5) is 14.5 Å². The molecular weight excluding hydrogens is 354 g/mol. The Bertz CT molecular complexity index is 830. The fourth-order valence-corrected chi connectivity index (χ4v) is 2.92. The number of nitrogens with zero attached hydrogens (tertiary/aromatic N) is 1. The first kappa shape index (κ1) is 17.1. The quantitative estimate of drug-likeness (QED) is 0.630. The lowest BCUT2D eigenvalue weighted by Gasteiger charge is -2.11. The largest absolute Gasteiger partial charge is 0.435 e. The Morgan fingerprint density at radius 3 is 2.70 bits per heavy atom. The van der Waals surface area contributed by atoms with Crippen LogP contribution in [0.15, 0.2) is 41.4 Å². The van der Waals surface area contributed by atoms with Gasteiger partial charge in [0.15, 0.2) is 11.4 Å². The van der Waals surface area contributed by atoms with E-state index in [4.69, 9.17) is 11.6 Å². The van der Waals surface area contributed by atoms with Gasteiger partial charge < -0.3 is 4.74 Å². The minimum Gasteiger partial charge on any atom is -0.435 e. The van der Waals surface area contributed by atoms with Crippen molar-refractivity contribution in [3.05, 3.63) is 47.2 Å². The highest BCUT2D eigenvalue weighted by Gasteiger charge is 2.18. The molecule has 0 saturated heterocycles. The van der Waals surface area contributed by atoms with Gasteiger partial charge in [0, 0.05) is 17.8 Å². The molecule has 0 bridgehead atoms. The number of aromatic nitrogens is 1. The maximum absolute atomic E-state index is 12.3. The Labute approximate surface area is 135 Å². The first-order valence-corrected chi connectivity index (χ1v) is 7.86. The van der Waals surface area contributed by atoms with Gasteiger partial charge in [-0.1, -0.05) is 17.7 Å². The number of carbonyl (C=O) groups is 1. The fourth-order valence-electron chi connectivity index (χ4n) is 1.62. The van der Waals surface area contributed by atoms with Crippen molar-refractivity contribution in [3.8, 4) is 5.75 Å². The molecule has 1 aromatic carbocycles. The van der Waals surface area contributed by atoms with E-state index in [9.17, 15) is 22.0 Å². The molecule has 0 fully saturated rings. The molecule has 2 aromatic rings. The Balaban J connectivity index is 2.34. The van der Waals surface area contributed by atoms with E-state index in [0.717, 1.165) is 6.07 Å². The summed E-state index contributed by atoms with van der Waals surface area (Å²) in [6.45, 7) is -3.08. The summed E-state index contributed by atoms with van der Waals surface area (Å²) in [5, 5.41) is -0.167. The fraction of sp³-hybridized carbons (Fsp3) is 0.0769. The van der Waals surface area contributed by atoms with Crippen LogP contribution >= 0.6 is 11.6 Å². The second-order valence-corrected chi connectivity index (χ2v) is 6.22. The Morgan fingerprint density at radius 1 is 1.30 bits per heavy atom. The summed E-state index contributed by atoms with van der Waals surface area (Å²) in [7, 11) is -4.13. The summed E-state index contributed by atoms with van der Waals surface area (Å²) in [6.07, 6.45) is 1.64. The zero-order valence-corrected chi connectivity index (χ0v) is 12.8. The van der Waals surface area contributed by atoms with Gasteiger partial charge in [-0.2, -0.15) is 8.78 Å². The zero-order chi connectivity index (χ0) is 17.0. The molecule has 2 rings (SSSR count). The summed E-state index contributed by atoms with van der Waals surface area (Å²) >= 11 is 5.77. The van der Waals surface area contributed by atoms with E-state index in [-0.39, 0.29) is 27.0 Å². The molecule has 0 amide bonds. The number of pyridine rings is 1. The van der Waals surface area contributed by atoms with Gasteiger partial charge in [0.25, 0.3) is 10.0 Å². The average Bonchev–Trinajstić information content (AvgIpc) is 2.49. The van der Waals surface area contributed by atoms with Crippen molar-refractivity contribution in [3.63, 3.8) is 0 Å². The molecule has 0 spiro atoms. The second-order valence-electron chi connectivity index (χ2n) is 4.18. The molecule has 0 unspecified atom stereocenters. The number of ether oxygens (including phenoxy) is 1. The Hall–Kier alpha value is -2.26. The smallest absolute Gasteiger partial charge is 0.387 e. The van der Waals surface area contributed by atoms with Crippen LogP contribution in [0.5, 0.6) is 5.75 Å². The summed E-state index contributed by atoms with van der Waals surface area (Å²) in [4.78, 5) is 14.1. The highest BCUT2D eigenvalue weighted by molar-refractivity contribution is 7.92. The van der Waals surface area contributed by atoms with Gasteiger partial charge in [-0.05, 0) is 18.2 Å². The molecule has 10 heteroatoms. The predicted octanol–water partition coefficient (Wildman–Crippen LogP) is 2.95. The number of hydrogen-bond donors (Lipinski definition) is 1. The van der Waals surface area contributed by atoms with E-state index in [1.807, 2.05) is 0 Å². The molecule has 122 valence electrons. The minimum absolute atomic E-state index is 0.113. The van der Waals surface area contributed by atoms with Gasteiger partial charge in [0.05, 0.1) is 10.6 Å². The number of sulfonamides is 1. The van der Waals surface area contributed by atoms with E-state index < -0.39 is 16.6 Å². The van der Waals surface area contributed by atoms with Crippen LogP contribution in [-0.2, 0) is 10.0 Å². The lowest BCUT2D eigenvalue weighted by molar-refractivity contribution is -0.0499. The van der Waals surface area contributed by atoms with Crippen LogP contribution in [0.25, 0.3) is 0 Å². The number of rotatable bonds is 6. The van der Waals surface area contributed by atoms with Gasteiger partial charge in [0.1, 0.15) is 5.75 Å². The number of anilines is 1. The highest BCUT2D eigenvalue weighted by atomic mass is 35.5. The van der Waals surface area contributed by atoms with Crippen molar-refractivity contribution in [1.29, 1.82) is 0 Å². The van der Waals surface area contributed by atoms with E-state index in [0.29, 0.717) is 6.29 Å². The maximum atomic E-state index is 12.3. The second kappa shape index (κ2) is 6.88.